The summed E-state index contributed by atoms with van der Waals surface area (Å²) in [6.07, 6.45) is 2.69. The third kappa shape index (κ3) is 3.61. The maximum absolute atomic E-state index is 12.7. The van der Waals surface area contributed by atoms with Crippen molar-refractivity contribution in [1.82, 2.24) is 25.1 Å². The van der Waals surface area contributed by atoms with Gasteiger partial charge in [0.05, 0.1) is 17.6 Å². The van der Waals surface area contributed by atoms with Crippen LogP contribution in [0.4, 0.5) is 5.82 Å². The van der Waals surface area contributed by atoms with E-state index in [2.05, 4.69) is 20.5 Å². The summed E-state index contributed by atoms with van der Waals surface area (Å²) in [6, 6.07) is 19.4. The Labute approximate surface area is 174 Å². The second-order valence-corrected chi connectivity index (χ2v) is 7.48. The van der Waals surface area contributed by atoms with Crippen molar-refractivity contribution in [2.24, 2.45) is 0 Å². The van der Waals surface area contributed by atoms with Gasteiger partial charge in [-0.05, 0) is 42.8 Å². The van der Waals surface area contributed by atoms with E-state index in [9.17, 15) is 4.79 Å². The fourth-order valence-electron chi connectivity index (χ4n) is 3.91. The lowest BCUT2D eigenvalue weighted by molar-refractivity contribution is 0.0790. The van der Waals surface area contributed by atoms with Crippen LogP contribution in [0.2, 0.25) is 0 Å². The van der Waals surface area contributed by atoms with Crippen molar-refractivity contribution in [2.75, 3.05) is 18.4 Å². The summed E-state index contributed by atoms with van der Waals surface area (Å²) in [5.74, 6) is 1.08. The monoisotopic (exact) mass is 398 g/mol. The molecule has 1 atom stereocenters. The summed E-state index contributed by atoms with van der Waals surface area (Å²) in [4.78, 5) is 23.7. The SMILES string of the molecule is O=C(c1ccccc1)N1CCC(c2ccc3c(NCc4ccccn4)n[nH]c3n2)C1. The molecule has 1 unspecified atom stereocenters. The van der Waals surface area contributed by atoms with Crippen molar-refractivity contribution in [2.45, 2.75) is 18.9 Å². The molecule has 30 heavy (non-hydrogen) atoms. The fourth-order valence-corrected chi connectivity index (χ4v) is 3.91. The van der Waals surface area contributed by atoms with Crippen LogP contribution in [0.25, 0.3) is 11.0 Å². The van der Waals surface area contributed by atoms with E-state index in [-0.39, 0.29) is 11.8 Å². The predicted molar refractivity (Wildman–Crippen MR) is 115 cm³/mol. The Morgan fingerprint density at radius 3 is 2.80 bits per heavy atom. The molecule has 1 aliphatic heterocycles. The molecule has 4 heterocycles. The topological polar surface area (TPSA) is 86.8 Å². The zero-order chi connectivity index (χ0) is 20.3. The molecule has 0 aliphatic carbocycles. The highest BCUT2D eigenvalue weighted by Gasteiger charge is 2.29. The minimum absolute atomic E-state index is 0.0849. The number of nitrogens with one attached hydrogen (secondary N) is 2. The first-order chi connectivity index (χ1) is 14.8. The van der Waals surface area contributed by atoms with Gasteiger partial charge in [0.1, 0.15) is 0 Å². The largest absolute Gasteiger partial charge is 0.362 e. The molecule has 0 bridgehead atoms. The van der Waals surface area contributed by atoms with E-state index in [4.69, 9.17) is 4.98 Å². The zero-order valence-electron chi connectivity index (χ0n) is 16.5. The first-order valence-corrected chi connectivity index (χ1v) is 10.1. The molecule has 1 fully saturated rings. The van der Waals surface area contributed by atoms with Gasteiger partial charge in [0.25, 0.3) is 5.91 Å². The molecule has 1 amide bonds. The molecule has 1 aliphatic rings. The molecule has 7 nitrogen and oxygen atoms in total. The Hall–Kier alpha value is -3.74. The average molecular weight is 398 g/mol. The first kappa shape index (κ1) is 18.3. The number of H-pyrrole nitrogens is 1. The van der Waals surface area contributed by atoms with Crippen LogP contribution in [-0.2, 0) is 6.54 Å². The van der Waals surface area contributed by atoms with Gasteiger partial charge in [0.15, 0.2) is 11.5 Å². The second kappa shape index (κ2) is 7.94. The van der Waals surface area contributed by atoms with Crippen molar-refractivity contribution in [3.05, 3.63) is 83.8 Å². The van der Waals surface area contributed by atoms with Crippen molar-refractivity contribution in [3.8, 4) is 0 Å². The van der Waals surface area contributed by atoms with Crippen LogP contribution < -0.4 is 5.32 Å². The molecule has 1 saturated heterocycles. The van der Waals surface area contributed by atoms with Crippen molar-refractivity contribution in [3.63, 3.8) is 0 Å². The zero-order valence-corrected chi connectivity index (χ0v) is 16.5. The molecule has 2 N–H and O–H groups in total. The second-order valence-electron chi connectivity index (χ2n) is 7.48. The van der Waals surface area contributed by atoms with Gasteiger partial charge in [-0.15, -0.1) is 0 Å². The Morgan fingerprint density at radius 2 is 1.97 bits per heavy atom. The van der Waals surface area contributed by atoms with Gasteiger partial charge in [-0.2, -0.15) is 5.10 Å². The van der Waals surface area contributed by atoms with Crippen LogP contribution in [0.1, 0.15) is 34.1 Å². The number of likely N-dealkylation sites (tertiary alicyclic amines) is 1. The quantitative estimate of drug-likeness (QED) is 0.536. The smallest absolute Gasteiger partial charge is 0.253 e. The minimum atomic E-state index is 0.0849. The summed E-state index contributed by atoms with van der Waals surface area (Å²) in [5, 5.41) is 11.7. The third-order valence-electron chi connectivity index (χ3n) is 5.52. The Balaban J connectivity index is 1.28. The summed E-state index contributed by atoms with van der Waals surface area (Å²) >= 11 is 0. The van der Waals surface area contributed by atoms with E-state index in [1.165, 1.54) is 0 Å². The molecular weight excluding hydrogens is 376 g/mol. The normalized spacial score (nSPS) is 16.1. The van der Waals surface area contributed by atoms with Crippen LogP contribution in [0.5, 0.6) is 0 Å². The van der Waals surface area contributed by atoms with Crippen LogP contribution in [0.15, 0.2) is 66.9 Å². The predicted octanol–water partition coefficient (Wildman–Crippen LogP) is 3.59. The number of carbonyl (C=O) groups is 1. The number of aromatic nitrogens is 4. The lowest BCUT2D eigenvalue weighted by Crippen LogP contribution is -2.28. The molecule has 1 aromatic carbocycles. The van der Waals surface area contributed by atoms with Crippen LogP contribution >= 0.6 is 0 Å². The van der Waals surface area contributed by atoms with Gasteiger partial charge in [0, 0.05) is 36.5 Å². The van der Waals surface area contributed by atoms with E-state index >= 15 is 0 Å². The highest BCUT2D eigenvalue weighted by atomic mass is 16.2. The van der Waals surface area contributed by atoms with E-state index in [0.29, 0.717) is 13.1 Å². The highest BCUT2D eigenvalue weighted by molar-refractivity contribution is 5.94. The summed E-state index contributed by atoms with van der Waals surface area (Å²) in [7, 11) is 0. The number of amides is 1. The Kier molecular flexibility index (Phi) is 4.85. The molecule has 5 rings (SSSR count). The van der Waals surface area contributed by atoms with Crippen LogP contribution in [0.3, 0.4) is 0 Å². The molecule has 0 radical (unpaired) electrons. The van der Waals surface area contributed by atoms with Crippen molar-refractivity contribution >= 4 is 22.8 Å². The van der Waals surface area contributed by atoms with E-state index < -0.39 is 0 Å². The number of pyridine rings is 2. The Morgan fingerprint density at radius 1 is 1.10 bits per heavy atom. The maximum atomic E-state index is 12.7. The number of anilines is 1. The van der Waals surface area contributed by atoms with Gasteiger partial charge in [0.2, 0.25) is 0 Å². The lowest BCUT2D eigenvalue weighted by Gasteiger charge is -2.16. The molecule has 3 aromatic heterocycles. The number of hydrogen-bond donors (Lipinski definition) is 2. The summed E-state index contributed by atoms with van der Waals surface area (Å²) in [6.45, 7) is 2.03. The van der Waals surface area contributed by atoms with Crippen molar-refractivity contribution in [1.29, 1.82) is 0 Å². The molecule has 0 spiro atoms. The minimum Gasteiger partial charge on any atom is -0.362 e. The first-order valence-electron chi connectivity index (χ1n) is 10.1. The summed E-state index contributed by atoms with van der Waals surface area (Å²) in [5.41, 5.74) is 3.43. The lowest BCUT2D eigenvalue weighted by atomic mass is 10.0. The third-order valence-corrected chi connectivity index (χ3v) is 5.52. The number of nitrogens with zero attached hydrogens (tertiary/aromatic N) is 4. The highest BCUT2D eigenvalue weighted by Crippen LogP contribution is 2.29. The molecule has 4 aromatic rings. The van der Waals surface area contributed by atoms with Gasteiger partial charge in [-0.1, -0.05) is 24.3 Å². The molecule has 0 saturated carbocycles. The molecular formula is C23H22N6O. The average Bonchev–Trinajstić information content (AvgIpc) is 3.45. The standard InChI is InChI=1S/C23H22N6O/c30-23(16-6-2-1-3-7-16)29-13-11-17(15-29)20-10-9-19-21(27-28-22(19)26-20)25-14-18-8-4-5-12-24-18/h1-10,12,17H,11,13-15H2,(H2,25,26,27,28). The number of fused-ring (bicyclic) bond motifs is 1. The van der Waals surface area contributed by atoms with Gasteiger partial charge in [-0.3, -0.25) is 14.9 Å². The fraction of sp³-hybridized carbons (Fsp3) is 0.217. The van der Waals surface area contributed by atoms with Crippen LogP contribution in [0, 0.1) is 0 Å². The molecule has 7 heteroatoms. The summed E-state index contributed by atoms with van der Waals surface area (Å²) < 4.78 is 0. The number of aromatic amines is 1. The number of benzene rings is 1. The van der Waals surface area contributed by atoms with Gasteiger partial charge >= 0.3 is 0 Å². The number of rotatable bonds is 5. The number of hydrogen-bond acceptors (Lipinski definition) is 5. The Bertz CT molecular complexity index is 1160. The van der Waals surface area contributed by atoms with Gasteiger partial charge < -0.3 is 10.2 Å². The number of carbonyl (C=O) groups excluding carboxylic acids is 1. The van der Waals surface area contributed by atoms with Gasteiger partial charge in [-0.25, -0.2) is 4.98 Å². The van der Waals surface area contributed by atoms with E-state index in [1.54, 1.807) is 6.20 Å². The van der Waals surface area contributed by atoms with E-state index in [0.717, 1.165) is 46.8 Å². The molecule has 150 valence electrons. The van der Waals surface area contributed by atoms with Crippen LogP contribution in [-0.4, -0.2) is 44.1 Å². The van der Waals surface area contributed by atoms with E-state index in [1.807, 2.05) is 65.6 Å². The maximum Gasteiger partial charge on any atom is 0.253 e. The van der Waals surface area contributed by atoms with Crippen molar-refractivity contribution < 1.29 is 4.79 Å².